The van der Waals surface area contributed by atoms with Gasteiger partial charge in [-0.3, -0.25) is 4.79 Å². The molecule has 3 heterocycles. The van der Waals surface area contributed by atoms with Crippen molar-refractivity contribution in [2.24, 2.45) is 5.41 Å². The predicted octanol–water partition coefficient (Wildman–Crippen LogP) is 5.96. The number of nitrogens with two attached hydrogens (primary N) is 1. The number of amides is 3. The van der Waals surface area contributed by atoms with Crippen LogP contribution in [0.2, 0.25) is 0 Å². The van der Waals surface area contributed by atoms with Crippen LogP contribution in [0.15, 0.2) is 97.2 Å². The van der Waals surface area contributed by atoms with Gasteiger partial charge in [-0.05, 0) is 60.7 Å². The molecule has 0 saturated carbocycles. The molecule has 2 aliphatic rings. The molecule has 6 rings (SSSR count). The van der Waals surface area contributed by atoms with E-state index in [-0.39, 0.29) is 23.4 Å². The smallest absolute Gasteiger partial charge is 0.317 e. The summed E-state index contributed by atoms with van der Waals surface area (Å²) in [5.74, 6) is 0.584. The quantitative estimate of drug-likeness (QED) is 0.253. The Morgan fingerprint density at radius 1 is 0.881 bits per heavy atom. The molecule has 214 valence electrons. The van der Waals surface area contributed by atoms with Crippen LogP contribution in [0.3, 0.4) is 0 Å². The number of hydrogen-bond donors (Lipinski definition) is 3. The molecule has 1 aromatic heterocycles. The monoisotopic (exact) mass is 560 g/mol. The summed E-state index contributed by atoms with van der Waals surface area (Å²) < 4.78 is 0. The van der Waals surface area contributed by atoms with Crippen LogP contribution in [-0.4, -0.2) is 48.0 Å². The number of pyridine rings is 1. The first-order valence-electron chi connectivity index (χ1n) is 14.5. The number of carbonyl (C=O) groups is 2. The molecule has 8 heteroatoms. The van der Waals surface area contributed by atoms with Crippen LogP contribution < -0.4 is 21.3 Å². The second-order valence-corrected chi connectivity index (χ2v) is 11.5. The second kappa shape index (κ2) is 11.6. The lowest BCUT2D eigenvalue weighted by Gasteiger charge is -2.26. The van der Waals surface area contributed by atoms with E-state index in [0.717, 1.165) is 61.5 Å². The number of nitrogens with zero attached hydrogens (tertiary/aromatic N) is 3. The van der Waals surface area contributed by atoms with E-state index < -0.39 is 0 Å². The van der Waals surface area contributed by atoms with Gasteiger partial charge in [-0.25, -0.2) is 9.78 Å². The topological polar surface area (TPSA) is 104 Å². The molecule has 4 N–H and O–H groups in total. The zero-order valence-corrected chi connectivity index (χ0v) is 23.8. The standard InChI is InChI=1S/C34H36N6O2/c1-24(25-8-4-2-5-9-25)37-33(42)40-19-17-34(23-40)16-18-39(22-34)31-15-13-28(21-36-31)32(41)38-30-20-27(12-14-29(30)35)26-10-6-3-7-11-26/h2-15,20-21,24H,16-19,22-23,35H2,1H3,(H,37,42)(H,38,41)/t24-,34?/m0/s1. The maximum absolute atomic E-state index is 13.1. The molecule has 1 unspecified atom stereocenters. The molecule has 1 spiro atoms. The number of urea groups is 1. The molecule has 8 nitrogen and oxygen atoms in total. The molecule has 3 aromatic carbocycles. The predicted molar refractivity (Wildman–Crippen MR) is 167 cm³/mol. The van der Waals surface area contributed by atoms with Crippen LogP contribution in [0.1, 0.15) is 41.7 Å². The fraction of sp³-hybridized carbons (Fsp3) is 0.265. The molecule has 2 aliphatic heterocycles. The largest absolute Gasteiger partial charge is 0.397 e. The van der Waals surface area contributed by atoms with Crippen molar-refractivity contribution in [2.45, 2.75) is 25.8 Å². The average Bonchev–Trinajstić information content (AvgIpc) is 3.65. The van der Waals surface area contributed by atoms with Crippen molar-refractivity contribution in [3.05, 3.63) is 108 Å². The van der Waals surface area contributed by atoms with Gasteiger partial charge in [-0.15, -0.1) is 0 Å². The van der Waals surface area contributed by atoms with Crippen molar-refractivity contribution in [2.75, 3.05) is 42.1 Å². The van der Waals surface area contributed by atoms with E-state index in [9.17, 15) is 9.59 Å². The summed E-state index contributed by atoms with van der Waals surface area (Å²) in [4.78, 5) is 34.9. The number of likely N-dealkylation sites (tertiary alicyclic amines) is 1. The van der Waals surface area contributed by atoms with E-state index in [1.165, 1.54) is 0 Å². The van der Waals surface area contributed by atoms with Crippen LogP contribution in [0.25, 0.3) is 11.1 Å². The molecule has 42 heavy (non-hydrogen) atoms. The van der Waals surface area contributed by atoms with Gasteiger partial charge >= 0.3 is 6.03 Å². The Kier molecular flexibility index (Phi) is 7.52. The normalized spacial score (nSPS) is 18.7. The minimum atomic E-state index is -0.258. The van der Waals surface area contributed by atoms with E-state index in [0.29, 0.717) is 16.9 Å². The van der Waals surface area contributed by atoms with Crippen molar-refractivity contribution in [3.8, 4) is 11.1 Å². The molecule has 0 radical (unpaired) electrons. The van der Waals surface area contributed by atoms with Gasteiger partial charge < -0.3 is 26.2 Å². The van der Waals surface area contributed by atoms with E-state index in [1.807, 2.05) is 90.7 Å². The van der Waals surface area contributed by atoms with Gasteiger partial charge in [0.15, 0.2) is 0 Å². The third-order valence-corrected chi connectivity index (χ3v) is 8.55. The highest BCUT2D eigenvalue weighted by atomic mass is 16.2. The van der Waals surface area contributed by atoms with Gasteiger partial charge in [0.25, 0.3) is 5.91 Å². The lowest BCUT2D eigenvalue weighted by atomic mass is 9.86. The summed E-state index contributed by atoms with van der Waals surface area (Å²) in [6.45, 7) is 5.22. The summed E-state index contributed by atoms with van der Waals surface area (Å²) in [6, 6.07) is 29.3. The Hall–Kier alpha value is -4.85. The summed E-state index contributed by atoms with van der Waals surface area (Å²) in [7, 11) is 0. The Morgan fingerprint density at radius 3 is 2.36 bits per heavy atom. The van der Waals surface area contributed by atoms with E-state index in [2.05, 4.69) is 20.5 Å². The minimum absolute atomic E-state index is 0.00916. The highest BCUT2D eigenvalue weighted by molar-refractivity contribution is 6.06. The Balaban J connectivity index is 1.05. The zero-order valence-electron chi connectivity index (χ0n) is 23.8. The van der Waals surface area contributed by atoms with Gasteiger partial charge in [-0.2, -0.15) is 0 Å². The number of benzene rings is 3. The zero-order chi connectivity index (χ0) is 29.1. The van der Waals surface area contributed by atoms with Crippen LogP contribution >= 0.6 is 0 Å². The first kappa shape index (κ1) is 27.3. The van der Waals surface area contributed by atoms with Gasteiger partial charge in [0.1, 0.15) is 5.82 Å². The van der Waals surface area contributed by atoms with Crippen LogP contribution in [0, 0.1) is 5.41 Å². The summed E-state index contributed by atoms with van der Waals surface area (Å²) in [6.07, 6.45) is 3.60. The van der Waals surface area contributed by atoms with Crippen molar-refractivity contribution in [1.29, 1.82) is 0 Å². The molecule has 4 aromatic rings. The number of anilines is 3. The third kappa shape index (κ3) is 5.79. The summed E-state index contributed by atoms with van der Waals surface area (Å²) in [5.41, 5.74) is 10.9. The number of rotatable bonds is 6. The Bertz CT molecular complexity index is 1560. The van der Waals surface area contributed by atoms with Gasteiger partial charge in [0.2, 0.25) is 0 Å². The van der Waals surface area contributed by atoms with Gasteiger partial charge in [0.05, 0.1) is 23.0 Å². The highest BCUT2D eigenvalue weighted by Gasteiger charge is 2.45. The molecule has 0 bridgehead atoms. The third-order valence-electron chi connectivity index (χ3n) is 8.55. The van der Waals surface area contributed by atoms with Crippen LogP contribution in [-0.2, 0) is 0 Å². The van der Waals surface area contributed by atoms with E-state index in [4.69, 9.17) is 5.73 Å². The first-order chi connectivity index (χ1) is 20.4. The molecule has 2 fully saturated rings. The van der Waals surface area contributed by atoms with Gasteiger partial charge in [0, 0.05) is 37.8 Å². The van der Waals surface area contributed by atoms with Crippen molar-refractivity contribution >= 4 is 29.1 Å². The fourth-order valence-electron chi connectivity index (χ4n) is 6.05. The second-order valence-electron chi connectivity index (χ2n) is 11.5. The summed E-state index contributed by atoms with van der Waals surface area (Å²) in [5, 5.41) is 6.10. The number of hydrogen-bond acceptors (Lipinski definition) is 5. The van der Waals surface area contributed by atoms with Crippen molar-refractivity contribution in [1.82, 2.24) is 15.2 Å². The number of nitrogen functional groups attached to an aromatic ring is 1. The summed E-state index contributed by atoms with van der Waals surface area (Å²) >= 11 is 0. The fourth-order valence-corrected chi connectivity index (χ4v) is 6.05. The van der Waals surface area contributed by atoms with Gasteiger partial charge in [-0.1, -0.05) is 66.7 Å². The maximum atomic E-state index is 13.1. The number of aromatic nitrogens is 1. The van der Waals surface area contributed by atoms with Crippen LogP contribution in [0.4, 0.5) is 22.0 Å². The number of nitrogens with one attached hydrogen (secondary N) is 2. The maximum Gasteiger partial charge on any atom is 0.317 e. The number of carbonyl (C=O) groups excluding carboxylic acids is 2. The van der Waals surface area contributed by atoms with Crippen LogP contribution in [0.5, 0.6) is 0 Å². The van der Waals surface area contributed by atoms with E-state index >= 15 is 0 Å². The minimum Gasteiger partial charge on any atom is -0.397 e. The molecule has 2 saturated heterocycles. The average molecular weight is 561 g/mol. The Morgan fingerprint density at radius 2 is 1.62 bits per heavy atom. The molecule has 0 aliphatic carbocycles. The highest BCUT2D eigenvalue weighted by Crippen LogP contribution is 2.41. The lowest BCUT2D eigenvalue weighted by molar-refractivity contribution is 0.102. The first-order valence-corrected chi connectivity index (χ1v) is 14.5. The Labute approximate surface area is 246 Å². The lowest BCUT2D eigenvalue weighted by Crippen LogP contribution is -2.41. The van der Waals surface area contributed by atoms with Crippen molar-refractivity contribution < 1.29 is 9.59 Å². The SMILES string of the molecule is C[C@H](NC(=O)N1CCC2(CCN(c3ccc(C(=O)Nc4cc(-c5ccccc5)ccc4N)cn3)C2)C1)c1ccccc1. The molecular weight excluding hydrogens is 524 g/mol. The molecule has 2 atom stereocenters. The molecule has 3 amide bonds. The van der Waals surface area contributed by atoms with E-state index in [1.54, 1.807) is 18.3 Å². The van der Waals surface area contributed by atoms with Crippen molar-refractivity contribution in [3.63, 3.8) is 0 Å². The molecular formula is C34H36N6O2.